The number of nitrogens with zero attached hydrogens (tertiary/aromatic N) is 4. The molecule has 1 atom stereocenters. The van der Waals surface area contributed by atoms with Gasteiger partial charge >= 0.3 is 0 Å². The molecule has 3 heterocycles. The van der Waals surface area contributed by atoms with E-state index in [1.807, 2.05) is 42.8 Å². The molecule has 1 N–H and O–H groups in total. The number of aryl methyl sites for hydroxylation is 2. The standard InChI is InChI=1S/C21H17BrFN5O/c1-11-19-13(12-7-8-15(23)14(22)9-12)10-18(29)25-20(19)28(26-11)21-24-16-5-3-4-6-17(16)27(21)2/h3-9,13H,10H2,1-2H3,(H,25,29)/t13-/m1/s1. The number of aromatic nitrogens is 4. The van der Waals surface area contributed by atoms with Gasteiger partial charge < -0.3 is 9.88 Å². The molecule has 8 heteroatoms. The molecule has 29 heavy (non-hydrogen) atoms. The van der Waals surface area contributed by atoms with Gasteiger partial charge in [-0.1, -0.05) is 18.2 Å². The van der Waals surface area contributed by atoms with Crippen LogP contribution >= 0.6 is 15.9 Å². The van der Waals surface area contributed by atoms with Crippen molar-refractivity contribution in [2.24, 2.45) is 7.05 Å². The van der Waals surface area contributed by atoms with Crippen LogP contribution in [0.25, 0.3) is 17.0 Å². The lowest BCUT2D eigenvalue weighted by atomic mass is 9.86. The van der Waals surface area contributed by atoms with Crippen molar-refractivity contribution in [1.29, 1.82) is 0 Å². The van der Waals surface area contributed by atoms with Gasteiger partial charge in [0.15, 0.2) is 0 Å². The van der Waals surface area contributed by atoms with Crippen molar-refractivity contribution >= 4 is 38.7 Å². The van der Waals surface area contributed by atoms with Gasteiger partial charge in [0.1, 0.15) is 11.6 Å². The maximum absolute atomic E-state index is 13.7. The highest BCUT2D eigenvalue weighted by atomic mass is 79.9. The van der Waals surface area contributed by atoms with Crippen molar-refractivity contribution in [3.05, 3.63) is 69.6 Å². The third-order valence-electron chi connectivity index (χ3n) is 5.40. The molecule has 2 aromatic heterocycles. The Morgan fingerprint density at radius 2 is 2.03 bits per heavy atom. The van der Waals surface area contributed by atoms with Crippen LogP contribution < -0.4 is 5.32 Å². The van der Waals surface area contributed by atoms with E-state index in [0.717, 1.165) is 27.9 Å². The number of halogens is 2. The maximum Gasteiger partial charge on any atom is 0.233 e. The molecular weight excluding hydrogens is 437 g/mol. The number of rotatable bonds is 2. The molecule has 0 unspecified atom stereocenters. The number of hydrogen-bond donors (Lipinski definition) is 1. The number of benzene rings is 2. The Morgan fingerprint density at radius 3 is 2.79 bits per heavy atom. The van der Waals surface area contributed by atoms with E-state index < -0.39 is 0 Å². The number of amides is 1. The van der Waals surface area contributed by atoms with Crippen molar-refractivity contribution in [3.8, 4) is 5.95 Å². The third kappa shape index (κ3) is 2.78. The monoisotopic (exact) mass is 453 g/mol. The van der Waals surface area contributed by atoms with Gasteiger partial charge in [-0.05, 0) is 52.7 Å². The Balaban J connectivity index is 1.71. The molecule has 0 radical (unpaired) electrons. The second-order valence-electron chi connectivity index (χ2n) is 7.20. The zero-order chi connectivity index (χ0) is 20.3. The zero-order valence-electron chi connectivity index (χ0n) is 15.8. The summed E-state index contributed by atoms with van der Waals surface area (Å²) in [5.41, 5.74) is 4.42. The van der Waals surface area contributed by atoms with Gasteiger partial charge in [-0.2, -0.15) is 9.78 Å². The lowest BCUT2D eigenvalue weighted by Gasteiger charge is -2.24. The van der Waals surface area contributed by atoms with Crippen LogP contribution in [0, 0.1) is 12.7 Å². The summed E-state index contributed by atoms with van der Waals surface area (Å²) >= 11 is 3.25. The topological polar surface area (TPSA) is 64.7 Å². The molecule has 5 rings (SSSR count). The van der Waals surface area contributed by atoms with E-state index in [4.69, 9.17) is 10.1 Å². The van der Waals surface area contributed by atoms with E-state index in [1.54, 1.807) is 16.8 Å². The predicted molar refractivity (Wildman–Crippen MR) is 112 cm³/mol. The Hall–Kier alpha value is -3.00. The Morgan fingerprint density at radius 1 is 1.24 bits per heavy atom. The minimum Gasteiger partial charge on any atom is -0.311 e. The fourth-order valence-corrected chi connectivity index (χ4v) is 4.42. The molecule has 1 aliphatic heterocycles. The number of imidazole rings is 1. The van der Waals surface area contributed by atoms with Crippen LogP contribution in [0.1, 0.15) is 29.2 Å². The molecule has 1 amide bonds. The van der Waals surface area contributed by atoms with Crippen LogP contribution in [-0.4, -0.2) is 25.2 Å². The van der Waals surface area contributed by atoms with Crippen molar-refractivity contribution in [3.63, 3.8) is 0 Å². The molecule has 1 aliphatic rings. The SMILES string of the molecule is Cc1nn(-c2nc3ccccc3n2C)c2c1[C@@H](c1ccc(F)c(Br)c1)CC(=O)N2. The Kier molecular flexibility index (Phi) is 4.06. The van der Waals surface area contributed by atoms with E-state index in [0.29, 0.717) is 16.2 Å². The number of nitrogens with one attached hydrogen (secondary N) is 1. The average Bonchev–Trinajstić information content (AvgIpc) is 3.21. The first-order valence-electron chi connectivity index (χ1n) is 9.20. The normalized spacial score (nSPS) is 16.1. The minimum atomic E-state index is -0.332. The smallest absolute Gasteiger partial charge is 0.233 e. The fraction of sp³-hybridized carbons (Fsp3) is 0.190. The fourth-order valence-electron chi connectivity index (χ4n) is 4.03. The van der Waals surface area contributed by atoms with E-state index >= 15 is 0 Å². The van der Waals surface area contributed by atoms with E-state index in [2.05, 4.69) is 21.2 Å². The van der Waals surface area contributed by atoms with Crippen molar-refractivity contribution in [1.82, 2.24) is 19.3 Å². The Bertz CT molecular complexity index is 1290. The number of fused-ring (bicyclic) bond motifs is 2. The number of anilines is 1. The van der Waals surface area contributed by atoms with Crippen molar-refractivity contribution < 1.29 is 9.18 Å². The van der Waals surface area contributed by atoms with Crippen LogP contribution in [0.3, 0.4) is 0 Å². The largest absolute Gasteiger partial charge is 0.311 e. The average molecular weight is 454 g/mol. The number of carbonyl (C=O) groups is 1. The van der Waals surface area contributed by atoms with Crippen LogP contribution in [0.5, 0.6) is 0 Å². The van der Waals surface area contributed by atoms with Gasteiger partial charge in [-0.3, -0.25) is 4.79 Å². The first-order valence-corrected chi connectivity index (χ1v) is 9.99. The highest BCUT2D eigenvalue weighted by molar-refractivity contribution is 9.10. The number of carbonyl (C=O) groups excluding carboxylic acids is 1. The van der Waals surface area contributed by atoms with Crippen molar-refractivity contribution in [2.75, 3.05) is 5.32 Å². The summed E-state index contributed by atoms with van der Waals surface area (Å²) in [5, 5.41) is 7.67. The summed E-state index contributed by atoms with van der Waals surface area (Å²) in [6.45, 7) is 1.92. The summed E-state index contributed by atoms with van der Waals surface area (Å²) in [6, 6.07) is 12.7. The molecule has 0 aliphatic carbocycles. The van der Waals surface area contributed by atoms with Gasteiger partial charge in [-0.25, -0.2) is 9.37 Å². The van der Waals surface area contributed by atoms with Gasteiger partial charge in [0.05, 0.1) is 21.2 Å². The van der Waals surface area contributed by atoms with Crippen LogP contribution in [0.15, 0.2) is 46.9 Å². The van der Waals surface area contributed by atoms with Crippen LogP contribution in [0.2, 0.25) is 0 Å². The number of para-hydroxylation sites is 2. The Labute approximate surface area is 174 Å². The van der Waals surface area contributed by atoms with E-state index in [1.165, 1.54) is 6.07 Å². The summed E-state index contributed by atoms with van der Waals surface area (Å²) in [6.07, 6.45) is 0.278. The molecule has 146 valence electrons. The highest BCUT2D eigenvalue weighted by Crippen LogP contribution is 2.41. The molecule has 0 bridgehead atoms. The third-order valence-corrected chi connectivity index (χ3v) is 6.01. The molecule has 6 nitrogen and oxygen atoms in total. The zero-order valence-corrected chi connectivity index (χ0v) is 17.4. The molecule has 0 saturated heterocycles. The summed E-state index contributed by atoms with van der Waals surface area (Å²) in [7, 11) is 1.92. The van der Waals surface area contributed by atoms with Crippen LogP contribution in [-0.2, 0) is 11.8 Å². The van der Waals surface area contributed by atoms with Gasteiger partial charge in [0.2, 0.25) is 11.9 Å². The summed E-state index contributed by atoms with van der Waals surface area (Å²) < 4.78 is 17.8. The van der Waals surface area contributed by atoms with E-state index in [-0.39, 0.29) is 24.1 Å². The van der Waals surface area contributed by atoms with Gasteiger partial charge in [-0.15, -0.1) is 0 Å². The minimum absolute atomic E-state index is 0.108. The van der Waals surface area contributed by atoms with Gasteiger partial charge in [0.25, 0.3) is 0 Å². The van der Waals surface area contributed by atoms with Crippen molar-refractivity contribution in [2.45, 2.75) is 19.3 Å². The summed E-state index contributed by atoms with van der Waals surface area (Å²) in [5.74, 6) is 0.586. The first kappa shape index (κ1) is 18.1. The molecule has 0 spiro atoms. The van der Waals surface area contributed by atoms with E-state index in [9.17, 15) is 9.18 Å². The lowest BCUT2D eigenvalue weighted by Crippen LogP contribution is -2.25. The second-order valence-corrected chi connectivity index (χ2v) is 8.05. The summed E-state index contributed by atoms with van der Waals surface area (Å²) in [4.78, 5) is 17.3. The highest BCUT2D eigenvalue weighted by Gasteiger charge is 2.33. The van der Waals surface area contributed by atoms with Crippen LogP contribution in [0.4, 0.5) is 10.2 Å². The quantitative estimate of drug-likeness (QED) is 0.487. The molecule has 2 aromatic carbocycles. The maximum atomic E-state index is 13.7. The molecular formula is C21H17BrFN5O. The molecule has 0 fully saturated rings. The number of hydrogen-bond acceptors (Lipinski definition) is 3. The molecule has 0 saturated carbocycles. The first-order chi connectivity index (χ1) is 13.9. The second kappa shape index (κ2) is 6.52. The molecule has 4 aromatic rings. The van der Waals surface area contributed by atoms with Gasteiger partial charge in [0, 0.05) is 24.9 Å². The lowest BCUT2D eigenvalue weighted by molar-refractivity contribution is -0.116. The predicted octanol–water partition coefficient (Wildman–Crippen LogP) is 4.44.